The maximum atomic E-state index is 4.27. The van der Waals surface area contributed by atoms with Crippen LogP contribution in [0.4, 0.5) is 0 Å². The fraction of sp³-hybridized carbons (Fsp3) is 0. The van der Waals surface area contributed by atoms with E-state index in [4.69, 9.17) is 0 Å². The summed E-state index contributed by atoms with van der Waals surface area (Å²) in [6.45, 7) is 4.27. The molecular weight excluding hydrogens is 384 g/mol. The number of hydrogen-bond acceptors (Lipinski definition) is 0. The summed E-state index contributed by atoms with van der Waals surface area (Å²) in [5.41, 5.74) is 5.78. The summed E-state index contributed by atoms with van der Waals surface area (Å²) in [6.07, 6.45) is 4.42. The molecule has 0 saturated carbocycles. The third kappa shape index (κ3) is 3.09. The highest BCUT2D eigenvalue weighted by Gasteiger charge is 2.09. The van der Waals surface area contributed by atoms with Gasteiger partial charge in [0.1, 0.15) is 0 Å². The molecule has 0 fully saturated rings. The van der Waals surface area contributed by atoms with Crippen molar-refractivity contribution in [2.75, 3.05) is 0 Å². The first-order chi connectivity index (χ1) is 15.8. The Balaban J connectivity index is 1.36. The Morgan fingerprint density at radius 2 is 1.12 bits per heavy atom. The maximum Gasteiger partial charge on any atom is -0.00208 e. The topological polar surface area (TPSA) is 0 Å². The van der Waals surface area contributed by atoms with Crippen LogP contribution in [0.3, 0.4) is 0 Å². The summed E-state index contributed by atoms with van der Waals surface area (Å²) in [7, 11) is 0. The van der Waals surface area contributed by atoms with E-state index in [1.54, 1.807) is 0 Å². The monoisotopic (exact) mass is 406 g/mol. The second-order valence-electron chi connectivity index (χ2n) is 8.31. The molecule has 0 atom stereocenters. The van der Waals surface area contributed by atoms with Crippen LogP contribution in [-0.2, 0) is 0 Å². The molecule has 0 unspecified atom stereocenters. The van der Waals surface area contributed by atoms with Crippen LogP contribution in [0.2, 0.25) is 0 Å². The van der Waals surface area contributed by atoms with Gasteiger partial charge in [0.05, 0.1) is 0 Å². The van der Waals surface area contributed by atoms with Crippen LogP contribution in [-0.4, -0.2) is 0 Å². The smallest absolute Gasteiger partial charge is 0.00208 e. The van der Waals surface area contributed by atoms with E-state index in [0.29, 0.717) is 0 Å². The van der Waals surface area contributed by atoms with Crippen LogP contribution >= 0.6 is 0 Å². The van der Waals surface area contributed by atoms with E-state index in [2.05, 4.69) is 110 Å². The van der Waals surface area contributed by atoms with E-state index in [-0.39, 0.29) is 0 Å². The van der Waals surface area contributed by atoms with Gasteiger partial charge >= 0.3 is 0 Å². The molecule has 0 amide bonds. The third-order valence-corrected chi connectivity index (χ3v) is 6.40. The van der Waals surface area contributed by atoms with Crippen molar-refractivity contribution in [2.45, 2.75) is 0 Å². The van der Waals surface area contributed by atoms with Crippen molar-refractivity contribution in [2.24, 2.45) is 0 Å². The van der Waals surface area contributed by atoms with Gasteiger partial charge in [-0.25, -0.2) is 0 Å². The fourth-order valence-electron chi connectivity index (χ4n) is 4.69. The Bertz CT molecular complexity index is 1580. The molecule has 0 heterocycles. The van der Waals surface area contributed by atoms with Crippen LogP contribution < -0.4 is 0 Å². The van der Waals surface area contributed by atoms with Gasteiger partial charge in [-0.15, -0.1) is 0 Å². The minimum atomic E-state index is 1.05. The molecule has 150 valence electrons. The zero-order valence-corrected chi connectivity index (χ0v) is 17.8. The molecule has 0 aliphatic heterocycles. The number of hydrogen-bond donors (Lipinski definition) is 0. The Morgan fingerprint density at radius 1 is 0.500 bits per heavy atom. The van der Waals surface area contributed by atoms with Crippen molar-refractivity contribution in [1.29, 1.82) is 0 Å². The lowest BCUT2D eigenvalue weighted by molar-refractivity contribution is 1.54. The second-order valence-corrected chi connectivity index (χ2v) is 8.31. The minimum absolute atomic E-state index is 1.05. The van der Waals surface area contributed by atoms with Crippen molar-refractivity contribution in [1.82, 2.24) is 0 Å². The van der Waals surface area contributed by atoms with Crippen LogP contribution in [0.25, 0.3) is 50.0 Å². The van der Waals surface area contributed by atoms with E-state index in [0.717, 1.165) is 16.7 Å². The Morgan fingerprint density at radius 3 is 1.88 bits per heavy atom. The van der Waals surface area contributed by atoms with Crippen LogP contribution in [0.1, 0.15) is 22.3 Å². The van der Waals surface area contributed by atoms with Crippen molar-refractivity contribution in [3.63, 3.8) is 0 Å². The molecule has 0 bridgehead atoms. The molecule has 6 aromatic carbocycles. The van der Waals surface area contributed by atoms with Gasteiger partial charge < -0.3 is 0 Å². The Labute approximate surface area is 188 Å². The van der Waals surface area contributed by atoms with E-state index in [1.807, 2.05) is 18.2 Å². The molecule has 0 aromatic heterocycles. The molecule has 0 saturated heterocycles. The molecule has 0 radical (unpaired) electrons. The zero-order chi connectivity index (χ0) is 21.5. The van der Waals surface area contributed by atoms with Crippen molar-refractivity contribution in [3.05, 3.63) is 138 Å². The highest BCUT2D eigenvalue weighted by atomic mass is 14.1. The summed E-state index contributed by atoms with van der Waals surface area (Å²) < 4.78 is 0. The predicted octanol–water partition coefficient (Wildman–Crippen LogP) is 8.82. The number of benzene rings is 6. The lowest BCUT2D eigenvalue weighted by Crippen LogP contribution is -1.86. The van der Waals surface area contributed by atoms with Gasteiger partial charge in [0.25, 0.3) is 0 Å². The minimum Gasteiger partial charge on any atom is -0.0906 e. The predicted molar refractivity (Wildman–Crippen MR) is 140 cm³/mol. The van der Waals surface area contributed by atoms with Gasteiger partial charge in [-0.2, -0.15) is 0 Å². The van der Waals surface area contributed by atoms with Crippen LogP contribution in [0.15, 0.2) is 116 Å². The van der Waals surface area contributed by atoms with Crippen LogP contribution in [0, 0.1) is 0 Å². The van der Waals surface area contributed by atoms with Crippen molar-refractivity contribution >= 4 is 50.0 Å². The normalized spacial score (nSPS) is 11.8. The van der Waals surface area contributed by atoms with Gasteiger partial charge in [0.15, 0.2) is 0 Å². The third-order valence-electron chi connectivity index (χ3n) is 6.40. The van der Waals surface area contributed by atoms with E-state index in [1.165, 1.54) is 43.4 Å². The first-order valence-corrected chi connectivity index (χ1v) is 11.0. The SMILES string of the molecule is C=C(c1ccccc1)c1ccc(C=Cc2ccc3ccc4cccc5ccc2c3c45)cc1. The van der Waals surface area contributed by atoms with Gasteiger partial charge in [-0.1, -0.05) is 128 Å². The molecule has 6 rings (SSSR count). The molecule has 0 heteroatoms. The van der Waals surface area contributed by atoms with Crippen molar-refractivity contribution < 1.29 is 0 Å². The lowest BCUT2D eigenvalue weighted by atomic mass is 9.92. The molecule has 0 aliphatic rings. The Kier molecular flexibility index (Phi) is 4.37. The summed E-state index contributed by atoms with van der Waals surface area (Å²) in [4.78, 5) is 0. The average molecular weight is 407 g/mol. The highest BCUT2D eigenvalue weighted by molar-refractivity contribution is 6.24. The lowest BCUT2D eigenvalue weighted by Gasteiger charge is -2.12. The standard InChI is InChI=1S/C32H22/c1-22(24-6-3-2-4-7-24)25-13-10-23(11-14-25)12-15-26-16-17-29-19-18-27-8-5-9-28-20-21-30(26)32(29)31(27)28/h2-21H,1H2. The molecule has 0 N–H and O–H groups in total. The molecule has 32 heavy (non-hydrogen) atoms. The summed E-state index contributed by atoms with van der Waals surface area (Å²) in [5, 5.41) is 7.92. The summed E-state index contributed by atoms with van der Waals surface area (Å²) in [6, 6.07) is 38.9. The summed E-state index contributed by atoms with van der Waals surface area (Å²) >= 11 is 0. The first kappa shape index (κ1) is 18.6. The molecule has 0 spiro atoms. The van der Waals surface area contributed by atoms with E-state index < -0.39 is 0 Å². The second kappa shape index (κ2) is 7.51. The molecule has 6 aromatic rings. The van der Waals surface area contributed by atoms with Gasteiger partial charge in [-0.3, -0.25) is 0 Å². The van der Waals surface area contributed by atoms with E-state index >= 15 is 0 Å². The zero-order valence-electron chi connectivity index (χ0n) is 17.8. The van der Waals surface area contributed by atoms with Gasteiger partial charge in [-0.05, 0) is 60.1 Å². The van der Waals surface area contributed by atoms with Crippen molar-refractivity contribution in [3.8, 4) is 0 Å². The summed E-state index contributed by atoms with van der Waals surface area (Å²) in [5.74, 6) is 0. The highest BCUT2D eigenvalue weighted by Crippen LogP contribution is 2.36. The number of rotatable bonds is 4. The average Bonchev–Trinajstić information content (AvgIpc) is 2.87. The largest absolute Gasteiger partial charge is 0.0906 e. The fourth-order valence-corrected chi connectivity index (χ4v) is 4.69. The van der Waals surface area contributed by atoms with E-state index in [9.17, 15) is 0 Å². The first-order valence-electron chi connectivity index (χ1n) is 11.0. The maximum absolute atomic E-state index is 4.27. The van der Waals surface area contributed by atoms with Crippen LogP contribution in [0.5, 0.6) is 0 Å². The van der Waals surface area contributed by atoms with Gasteiger partial charge in [0, 0.05) is 0 Å². The van der Waals surface area contributed by atoms with Gasteiger partial charge in [0.2, 0.25) is 0 Å². The quantitative estimate of drug-likeness (QED) is 0.203. The Hall–Kier alpha value is -4.16. The molecular formula is C32H22. The molecule has 0 nitrogen and oxygen atoms in total. The molecule has 0 aliphatic carbocycles.